The molecule has 0 spiro atoms. The number of fused-ring (bicyclic) bond motifs is 1. The molecular formula is C13H10S2. The predicted molar refractivity (Wildman–Crippen MR) is 71.0 cm³/mol. The summed E-state index contributed by atoms with van der Waals surface area (Å²) in [4.78, 5) is 0. The summed E-state index contributed by atoms with van der Waals surface area (Å²) in [6, 6.07) is 15.2. The first kappa shape index (κ1) is 9.37. The Kier molecular flexibility index (Phi) is 2.47. The van der Waals surface area contributed by atoms with Crippen molar-refractivity contribution < 1.29 is 0 Å². The zero-order valence-corrected chi connectivity index (χ0v) is 9.72. The van der Waals surface area contributed by atoms with Gasteiger partial charge in [-0.2, -0.15) is 0 Å². The molecule has 0 aliphatic carbocycles. The fourth-order valence-electron chi connectivity index (χ4n) is 1.88. The summed E-state index contributed by atoms with van der Waals surface area (Å²) >= 11 is 0. The lowest BCUT2D eigenvalue weighted by Crippen LogP contribution is -1.87. The molecule has 0 bridgehead atoms. The molecule has 0 N–H and O–H groups in total. The first-order valence-electron chi connectivity index (χ1n) is 4.91. The Hall–Kier alpha value is -0.860. The van der Waals surface area contributed by atoms with Gasteiger partial charge in [0.1, 0.15) is 0 Å². The zero-order chi connectivity index (χ0) is 10.1. The number of benzene rings is 2. The van der Waals surface area contributed by atoms with E-state index in [2.05, 4.69) is 53.9 Å². The van der Waals surface area contributed by atoms with Crippen molar-refractivity contribution in [2.24, 2.45) is 0 Å². The minimum atomic E-state index is 0.515. The van der Waals surface area contributed by atoms with Gasteiger partial charge in [-0.3, -0.25) is 0 Å². The van der Waals surface area contributed by atoms with Crippen LogP contribution in [-0.4, -0.2) is 0 Å². The van der Waals surface area contributed by atoms with E-state index < -0.39 is 0 Å². The van der Waals surface area contributed by atoms with E-state index >= 15 is 0 Å². The molecule has 0 saturated heterocycles. The van der Waals surface area contributed by atoms with Crippen molar-refractivity contribution in [1.82, 2.24) is 0 Å². The van der Waals surface area contributed by atoms with E-state index in [1.807, 2.05) is 21.6 Å². The van der Waals surface area contributed by atoms with Gasteiger partial charge >= 0.3 is 0 Å². The van der Waals surface area contributed by atoms with Gasteiger partial charge in [0.05, 0.1) is 5.25 Å². The van der Waals surface area contributed by atoms with Crippen molar-refractivity contribution in [3.63, 3.8) is 0 Å². The lowest BCUT2D eigenvalue weighted by atomic mass is 10.0. The largest absolute Gasteiger partial charge is 0.0770 e. The van der Waals surface area contributed by atoms with Crippen molar-refractivity contribution in [3.05, 3.63) is 59.5 Å². The van der Waals surface area contributed by atoms with Crippen LogP contribution in [0.15, 0.2) is 53.9 Å². The quantitative estimate of drug-likeness (QED) is 0.646. The van der Waals surface area contributed by atoms with Crippen LogP contribution in [-0.2, 0) is 0 Å². The summed E-state index contributed by atoms with van der Waals surface area (Å²) in [5.74, 6) is 0. The van der Waals surface area contributed by atoms with Crippen LogP contribution in [0.1, 0.15) is 10.8 Å². The average Bonchev–Trinajstić information content (AvgIpc) is 2.82. The highest BCUT2D eigenvalue weighted by atomic mass is 33.1. The third kappa shape index (κ3) is 1.68. The van der Waals surface area contributed by atoms with Gasteiger partial charge in [-0.15, -0.1) is 0 Å². The predicted octanol–water partition coefficient (Wildman–Crippen LogP) is 4.79. The smallest absolute Gasteiger partial charge is 0.0598 e. The molecule has 2 heteroatoms. The van der Waals surface area contributed by atoms with Crippen molar-refractivity contribution in [2.45, 2.75) is 5.25 Å². The van der Waals surface area contributed by atoms with Gasteiger partial charge < -0.3 is 0 Å². The molecule has 3 rings (SSSR count). The molecular weight excluding hydrogens is 220 g/mol. The van der Waals surface area contributed by atoms with Crippen LogP contribution < -0.4 is 0 Å². The highest BCUT2D eigenvalue weighted by Gasteiger charge is 2.15. The third-order valence-electron chi connectivity index (χ3n) is 2.60. The molecule has 1 atom stereocenters. The lowest BCUT2D eigenvalue weighted by Gasteiger charge is -2.10. The maximum atomic E-state index is 2.27. The molecule has 1 aliphatic heterocycles. The summed E-state index contributed by atoms with van der Waals surface area (Å²) < 4.78 is 0. The van der Waals surface area contributed by atoms with Crippen LogP contribution in [0.3, 0.4) is 0 Å². The second kappa shape index (κ2) is 3.95. The van der Waals surface area contributed by atoms with E-state index in [0.29, 0.717) is 5.25 Å². The number of hydrogen-bond acceptors (Lipinski definition) is 2. The van der Waals surface area contributed by atoms with Crippen molar-refractivity contribution in [2.75, 3.05) is 0 Å². The van der Waals surface area contributed by atoms with E-state index in [0.717, 1.165) is 0 Å². The highest BCUT2D eigenvalue weighted by molar-refractivity contribution is 8.78. The van der Waals surface area contributed by atoms with E-state index in [-0.39, 0.29) is 0 Å². The third-order valence-corrected chi connectivity index (χ3v) is 4.88. The normalized spacial score (nSPS) is 19.9. The Morgan fingerprint density at radius 2 is 1.80 bits per heavy atom. The maximum Gasteiger partial charge on any atom is 0.0598 e. The molecule has 0 amide bonds. The standard InChI is InChI=1S/C13H10S2/c1-2-6-11-10(4-1)5-3-7-12(11)13-8-9-14-15-13/h1-9,13H. The summed E-state index contributed by atoms with van der Waals surface area (Å²) in [5.41, 5.74) is 1.43. The Morgan fingerprint density at radius 1 is 0.933 bits per heavy atom. The lowest BCUT2D eigenvalue weighted by molar-refractivity contribution is 1.28. The fourth-order valence-corrected chi connectivity index (χ4v) is 4.09. The molecule has 0 saturated carbocycles. The minimum absolute atomic E-state index is 0.515. The van der Waals surface area contributed by atoms with Gasteiger partial charge in [0.25, 0.3) is 0 Å². The molecule has 0 fully saturated rings. The second-order valence-electron chi connectivity index (χ2n) is 3.51. The molecule has 0 aromatic heterocycles. The topological polar surface area (TPSA) is 0 Å². The summed E-state index contributed by atoms with van der Waals surface area (Å²) in [6.07, 6.45) is 2.27. The van der Waals surface area contributed by atoms with Gasteiger partial charge in [-0.1, -0.05) is 70.1 Å². The summed E-state index contributed by atoms with van der Waals surface area (Å²) in [5, 5.41) is 5.41. The maximum absolute atomic E-state index is 2.27. The van der Waals surface area contributed by atoms with Gasteiger partial charge in [-0.05, 0) is 21.7 Å². The molecule has 0 nitrogen and oxygen atoms in total. The van der Waals surface area contributed by atoms with E-state index in [1.54, 1.807) is 0 Å². The van der Waals surface area contributed by atoms with Gasteiger partial charge in [-0.25, -0.2) is 0 Å². The summed E-state index contributed by atoms with van der Waals surface area (Å²) in [7, 11) is 3.74. The molecule has 74 valence electrons. The average molecular weight is 230 g/mol. The zero-order valence-electron chi connectivity index (χ0n) is 8.09. The SMILES string of the molecule is C1=CC(c2cccc3ccccc23)SS1. The van der Waals surface area contributed by atoms with Crippen LogP contribution in [0.25, 0.3) is 10.8 Å². The Labute approximate surface area is 97.2 Å². The van der Waals surface area contributed by atoms with Crippen LogP contribution in [0.4, 0.5) is 0 Å². The number of hydrogen-bond donors (Lipinski definition) is 0. The number of rotatable bonds is 1. The van der Waals surface area contributed by atoms with Crippen LogP contribution in [0, 0.1) is 0 Å². The molecule has 2 aromatic rings. The van der Waals surface area contributed by atoms with Gasteiger partial charge in [0.2, 0.25) is 0 Å². The van der Waals surface area contributed by atoms with Crippen molar-refractivity contribution in [3.8, 4) is 0 Å². The minimum Gasteiger partial charge on any atom is -0.0770 e. The van der Waals surface area contributed by atoms with E-state index in [9.17, 15) is 0 Å². The van der Waals surface area contributed by atoms with Crippen molar-refractivity contribution >= 4 is 32.4 Å². The highest BCUT2D eigenvalue weighted by Crippen LogP contribution is 2.47. The first-order chi connectivity index (χ1) is 7.45. The Balaban J connectivity index is 2.21. The first-order valence-corrected chi connectivity index (χ1v) is 7.19. The van der Waals surface area contributed by atoms with Gasteiger partial charge in [0, 0.05) is 0 Å². The van der Waals surface area contributed by atoms with Crippen LogP contribution >= 0.6 is 21.6 Å². The molecule has 1 aliphatic rings. The molecule has 1 heterocycles. The van der Waals surface area contributed by atoms with Crippen molar-refractivity contribution in [1.29, 1.82) is 0 Å². The van der Waals surface area contributed by atoms with E-state index in [4.69, 9.17) is 0 Å². The molecule has 15 heavy (non-hydrogen) atoms. The second-order valence-corrected chi connectivity index (χ2v) is 5.83. The molecule has 2 aromatic carbocycles. The molecule has 1 unspecified atom stereocenters. The Morgan fingerprint density at radius 3 is 2.67 bits per heavy atom. The fraction of sp³-hybridized carbons (Fsp3) is 0.0769. The van der Waals surface area contributed by atoms with Crippen LogP contribution in [0.5, 0.6) is 0 Å². The monoisotopic (exact) mass is 230 g/mol. The summed E-state index contributed by atoms with van der Waals surface area (Å²) in [6.45, 7) is 0. The molecule has 0 radical (unpaired) electrons. The Bertz CT molecular complexity index is 511. The van der Waals surface area contributed by atoms with Crippen LogP contribution in [0.2, 0.25) is 0 Å². The van der Waals surface area contributed by atoms with Gasteiger partial charge in [0.15, 0.2) is 0 Å². The van der Waals surface area contributed by atoms with E-state index in [1.165, 1.54) is 16.3 Å².